The van der Waals surface area contributed by atoms with Gasteiger partial charge in [-0.1, -0.05) is 24.3 Å². The van der Waals surface area contributed by atoms with Gasteiger partial charge in [-0.2, -0.15) is 5.26 Å². The van der Waals surface area contributed by atoms with Crippen molar-refractivity contribution >= 4 is 39.9 Å². The van der Waals surface area contributed by atoms with Gasteiger partial charge in [0.1, 0.15) is 17.4 Å². The molecular formula is C20H18IN3O. The van der Waals surface area contributed by atoms with E-state index in [1.54, 1.807) is 17.0 Å². The number of carbonyl (C=O) groups excluding carboxylic acids is 1. The minimum Gasteiger partial charge on any atom is -0.313 e. The maximum Gasteiger partial charge on any atom is 0.258 e. The monoisotopic (exact) mass is 443 g/mol. The van der Waals surface area contributed by atoms with Crippen LogP contribution in [-0.2, 0) is 4.79 Å². The lowest BCUT2D eigenvalue weighted by molar-refractivity contribution is -0.120. The Morgan fingerprint density at radius 2 is 1.72 bits per heavy atom. The number of amides is 1. The van der Waals surface area contributed by atoms with Crippen molar-refractivity contribution in [3.8, 4) is 6.07 Å². The van der Waals surface area contributed by atoms with Crippen LogP contribution >= 0.6 is 22.6 Å². The number of hydrogen-bond acceptors (Lipinski definition) is 3. The summed E-state index contributed by atoms with van der Waals surface area (Å²) in [5.74, 6) is 0.568. The van der Waals surface area contributed by atoms with Crippen molar-refractivity contribution in [3.63, 3.8) is 0 Å². The molecule has 1 amide bonds. The number of anilines is 2. The third-order valence-electron chi connectivity index (χ3n) is 4.43. The van der Waals surface area contributed by atoms with Crippen LogP contribution in [-0.4, -0.2) is 11.4 Å². The van der Waals surface area contributed by atoms with Gasteiger partial charge >= 0.3 is 0 Å². The lowest BCUT2D eigenvalue weighted by Crippen LogP contribution is -2.43. The molecule has 0 bridgehead atoms. The molecule has 0 N–H and O–H groups in total. The highest BCUT2D eigenvalue weighted by Gasteiger charge is 2.49. The number of aryl methyl sites for hydroxylation is 1. The summed E-state index contributed by atoms with van der Waals surface area (Å²) >= 11 is 2.11. The Morgan fingerprint density at radius 3 is 2.28 bits per heavy atom. The first-order valence-corrected chi connectivity index (χ1v) is 8.95. The molecule has 4 nitrogen and oxygen atoms in total. The molecule has 126 valence electrons. The van der Waals surface area contributed by atoms with Crippen molar-refractivity contribution in [2.75, 3.05) is 9.80 Å². The van der Waals surface area contributed by atoms with Crippen LogP contribution in [0, 0.1) is 21.8 Å². The standard InChI is InChI=1S/C20H18IN3O/c1-13-5-8-16(9-6-13)24-14(2)23(19(25)20(24,3)4)17-10-7-15(12-22)18(21)11-17/h5-11H,2H2,1,3-4H3. The second-order valence-electron chi connectivity index (χ2n) is 6.56. The van der Waals surface area contributed by atoms with Crippen LogP contribution in [0.4, 0.5) is 11.4 Å². The van der Waals surface area contributed by atoms with E-state index < -0.39 is 5.54 Å². The number of rotatable bonds is 2. The third-order valence-corrected chi connectivity index (χ3v) is 5.32. The lowest BCUT2D eigenvalue weighted by Gasteiger charge is -2.30. The van der Waals surface area contributed by atoms with Crippen LogP contribution < -0.4 is 9.80 Å². The zero-order chi connectivity index (χ0) is 18.4. The van der Waals surface area contributed by atoms with Crippen molar-refractivity contribution in [2.45, 2.75) is 26.3 Å². The Kier molecular flexibility index (Phi) is 4.33. The maximum absolute atomic E-state index is 13.1. The molecule has 0 aliphatic carbocycles. The van der Waals surface area contributed by atoms with Gasteiger partial charge in [0.15, 0.2) is 0 Å². The van der Waals surface area contributed by atoms with Gasteiger partial charge in [0.2, 0.25) is 0 Å². The molecule has 0 radical (unpaired) electrons. The summed E-state index contributed by atoms with van der Waals surface area (Å²) < 4.78 is 0.810. The van der Waals surface area contributed by atoms with E-state index in [1.165, 1.54) is 0 Å². The second-order valence-corrected chi connectivity index (χ2v) is 7.72. The van der Waals surface area contributed by atoms with Crippen LogP contribution in [0.3, 0.4) is 0 Å². The molecule has 0 unspecified atom stereocenters. The molecule has 0 aromatic heterocycles. The van der Waals surface area contributed by atoms with E-state index in [2.05, 4.69) is 35.2 Å². The first kappa shape index (κ1) is 17.5. The SMILES string of the molecule is C=C1N(c2ccc(C#N)c(I)c2)C(=O)C(C)(C)N1c1ccc(C)cc1. The predicted molar refractivity (Wildman–Crippen MR) is 108 cm³/mol. The molecule has 0 atom stereocenters. The molecule has 2 aromatic rings. The molecule has 5 heteroatoms. The fraction of sp³-hybridized carbons (Fsp3) is 0.200. The van der Waals surface area contributed by atoms with E-state index in [-0.39, 0.29) is 5.91 Å². The predicted octanol–water partition coefficient (Wildman–Crippen LogP) is 4.57. The largest absolute Gasteiger partial charge is 0.313 e. The number of nitrogens with zero attached hydrogens (tertiary/aromatic N) is 3. The summed E-state index contributed by atoms with van der Waals surface area (Å²) in [6, 6.07) is 15.6. The molecule has 0 saturated carbocycles. The highest BCUT2D eigenvalue weighted by Crippen LogP contribution is 2.40. The molecule has 3 rings (SSSR count). The Morgan fingerprint density at radius 1 is 1.12 bits per heavy atom. The van der Waals surface area contributed by atoms with Crippen molar-refractivity contribution in [3.05, 3.63) is 69.6 Å². The number of halogens is 1. The molecule has 1 heterocycles. The van der Waals surface area contributed by atoms with Gasteiger partial charge in [-0.25, -0.2) is 0 Å². The Bertz CT molecular complexity index is 910. The maximum atomic E-state index is 13.1. The van der Waals surface area contributed by atoms with Crippen molar-refractivity contribution in [1.29, 1.82) is 5.26 Å². The molecule has 1 aliphatic heterocycles. The lowest BCUT2D eigenvalue weighted by atomic mass is 10.0. The topological polar surface area (TPSA) is 47.3 Å². The van der Waals surface area contributed by atoms with Gasteiger partial charge in [0, 0.05) is 9.26 Å². The van der Waals surface area contributed by atoms with Gasteiger partial charge in [-0.3, -0.25) is 9.69 Å². The number of carbonyl (C=O) groups is 1. The average Bonchev–Trinajstić information content (AvgIpc) is 2.74. The number of benzene rings is 2. The Labute approximate surface area is 161 Å². The van der Waals surface area contributed by atoms with E-state index in [0.29, 0.717) is 11.4 Å². The van der Waals surface area contributed by atoms with Crippen LogP contribution in [0.15, 0.2) is 54.9 Å². The van der Waals surface area contributed by atoms with E-state index in [1.807, 2.05) is 56.0 Å². The summed E-state index contributed by atoms with van der Waals surface area (Å²) in [5.41, 5.74) is 2.67. The van der Waals surface area contributed by atoms with Gasteiger partial charge < -0.3 is 4.90 Å². The smallest absolute Gasteiger partial charge is 0.258 e. The first-order chi connectivity index (χ1) is 11.8. The summed E-state index contributed by atoms with van der Waals surface area (Å²) in [6.45, 7) is 10.0. The van der Waals surface area contributed by atoms with E-state index in [4.69, 9.17) is 5.26 Å². The minimum atomic E-state index is -0.744. The summed E-state index contributed by atoms with van der Waals surface area (Å²) in [5, 5.41) is 9.11. The van der Waals surface area contributed by atoms with Crippen LogP contribution in [0.2, 0.25) is 0 Å². The quantitative estimate of drug-likeness (QED) is 0.639. The van der Waals surface area contributed by atoms with Gasteiger partial charge in [-0.05, 0) is 73.7 Å². The highest BCUT2D eigenvalue weighted by molar-refractivity contribution is 14.1. The Hall–Kier alpha value is -2.33. The zero-order valence-electron chi connectivity index (χ0n) is 14.4. The number of hydrogen-bond donors (Lipinski definition) is 0. The molecule has 25 heavy (non-hydrogen) atoms. The Balaban J connectivity index is 2.07. The third kappa shape index (κ3) is 2.81. The average molecular weight is 443 g/mol. The molecule has 2 aromatic carbocycles. The zero-order valence-corrected chi connectivity index (χ0v) is 16.5. The normalized spacial score (nSPS) is 16.3. The van der Waals surface area contributed by atoms with Crippen LogP contribution in [0.25, 0.3) is 0 Å². The minimum absolute atomic E-state index is 0.0430. The van der Waals surface area contributed by atoms with Crippen molar-refractivity contribution in [1.82, 2.24) is 0 Å². The fourth-order valence-corrected chi connectivity index (χ4v) is 3.69. The highest BCUT2D eigenvalue weighted by atomic mass is 127. The van der Waals surface area contributed by atoms with E-state index >= 15 is 0 Å². The van der Waals surface area contributed by atoms with Crippen molar-refractivity contribution < 1.29 is 4.79 Å². The molecule has 0 spiro atoms. The molecule has 1 aliphatic rings. The molecule has 1 saturated heterocycles. The summed E-state index contributed by atoms with van der Waals surface area (Å²) in [6.07, 6.45) is 0. The second kappa shape index (κ2) is 6.19. The van der Waals surface area contributed by atoms with Crippen molar-refractivity contribution in [2.24, 2.45) is 0 Å². The fourth-order valence-electron chi connectivity index (χ4n) is 3.07. The van der Waals surface area contributed by atoms with Crippen LogP contribution in [0.1, 0.15) is 25.0 Å². The first-order valence-electron chi connectivity index (χ1n) is 7.87. The van der Waals surface area contributed by atoms with E-state index in [9.17, 15) is 4.79 Å². The summed E-state index contributed by atoms with van der Waals surface area (Å²) in [4.78, 5) is 16.7. The van der Waals surface area contributed by atoms with Gasteiger partial charge in [0.05, 0.1) is 11.3 Å². The van der Waals surface area contributed by atoms with E-state index in [0.717, 1.165) is 20.5 Å². The van der Waals surface area contributed by atoms with Crippen LogP contribution in [0.5, 0.6) is 0 Å². The molecule has 1 fully saturated rings. The van der Waals surface area contributed by atoms with Gasteiger partial charge in [-0.15, -0.1) is 0 Å². The molecular weight excluding hydrogens is 425 g/mol. The number of nitriles is 1. The van der Waals surface area contributed by atoms with Gasteiger partial charge in [0.25, 0.3) is 5.91 Å². The summed E-state index contributed by atoms with van der Waals surface area (Å²) in [7, 11) is 0.